The highest BCUT2D eigenvalue weighted by atomic mass is 19.1. The van der Waals surface area contributed by atoms with Crippen LogP contribution in [0.3, 0.4) is 0 Å². The van der Waals surface area contributed by atoms with Crippen molar-refractivity contribution in [2.75, 3.05) is 13.7 Å². The van der Waals surface area contributed by atoms with Crippen LogP contribution in [-0.4, -0.2) is 47.4 Å². The number of carbonyl (C=O) groups excluding carboxylic acids is 2. The summed E-state index contributed by atoms with van der Waals surface area (Å²) in [6, 6.07) is 7.63. The van der Waals surface area contributed by atoms with Gasteiger partial charge in [0.2, 0.25) is 0 Å². The number of carbonyl (C=O) groups is 2. The topological polar surface area (TPSA) is 85.3 Å². The van der Waals surface area contributed by atoms with E-state index in [1.54, 1.807) is 26.8 Å². The average Bonchev–Trinajstić information content (AvgIpc) is 2.98. The zero-order valence-corrected chi connectivity index (χ0v) is 19.9. The second kappa shape index (κ2) is 9.16. The Morgan fingerprint density at radius 2 is 1.88 bits per heavy atom. The number of amides is 1. The molecule has 0 saturated heterocycles. The number of esters is 1. The highest BCUT2D eigenvalue weighted by molar-refractivity contribution is 5.82. The van der Waals surface area contributed by atoms with E-state index in [4.69, 9.17) is 14.2 Å². The molecule has 8 heteroatoms. The minimum Gasteiger partial charge on any atom is -0.505 e. The second-order valence-corrected chi connectivity index (χ2v) is 9.83. The molecule has 0 radical (unpaired) electrons. The third-order valence-electron chi connectivity index (χ3n) is 6.25. The molecule has 2 aliphatic rings. The van der Waals surface area contributed by atoms with E-state index >= 15 is 0 Å². The largest absolute Gasteiger partial charge is 0.505 e. The number of aromatic hydroxyl groups is 1. The number of fused-ring (bicyclic) bond motifs is 2. The maximum atomic E-state index is 14.0. The van der Waals surface area contributed by atoms with E-state index in [-0.39, 0.29) is 18.2 Å². The average molecular weight is 472 g/mol. The molecule has 182 valence electrons. The fraction of sp³-hybridized carbons (Fsp3) is 0.462. The van der Waals surface area contributed by atoms with Gasteiger partial charge in [0.15, 0.2) is 11.6 Å². The Morgan fingerprint density at radius 3 is 2.56 bits per heavy atom. The van der Waals surface area contributed by atoms with Crippen LogP contribution >= 0.6 is 0 Å². The lowest BCUT2D eigenvalue weighted by molar-refractivity contribution is -0.147. The minimum atomic E-state index is -0.788. The van der Waals surface area contributed by atoms with Gasteiger partial charge in [-0.25, -0.2) is 14.0 Å². The molecule has 0 fully saturated rings. The number of hydrogen-bond acceptors (Lipinski definition) is 6. The van der Waals surface area contributed by atoms with Crippen molar-refractivity contribution >= 4 is 12.1 Å². The fourth-order valence-electron chi connectivity index (χ4n) is 4.56. The molecular formula is C26H30FNO6. The maximum Gasteiger partial charge on any atom is 0.411 e. The molecular weight excluding hydrogens is 441 g/mol. The standard InChI is InChI=1S/C26H30FNO6/c1-26(2,3)34-25(31)28-14-19-10-18-9-16(15-5-6-22(29)20(27)11-15)7-8-33-23(18)13-17(19)12-21(28)24(30)32-4/h5-6,10-11,13,16,21,29H,7-9,12,14H2,1-4H3/t16?,21-/m0/s1. The monoisotopic (exact) mass is 471 g/mol. The molecule has 4 rings (SSSR count). The Labute approximate surface area is 198 Å². The molecule has 0 spiro atoms. The molecule has 1 unspecified atom stereocenters. The molecule has 34 heavy (non-hydrogen) atoms. The normalized spacial score (nSPS) is 19.9. The summed E-state index contributed by atoms with van der Waals surface area (Å²) in [4.78, 5) is 26.8. The van der Waals surface area contributed by atoms with E-state index in [0.29, 0.717) is 25.9 Å². The van der Waals surface area contributed by atoms with Crippen LogP contribution in [-0.2, 0) is 33.7 Å². The van der Waals surface area contributed by atoms with Gasteiger partial charge in [-0.3, -0.25) is 4.90 Å². The number of ether oxygens (including phenoxy) is 3. The van der Waals surface area contributed by atoms with E-state index in [9.17, 15) is 19.1 Å². The lowest BCUT2D eigenvalue weighted by Crippen LogP contribution is -2.50. The predicted octanol–water partition coefficient (Wildman–Crippen LogP) is 4.47. The van der Waals surface area contributed by atoms with Crippen LogP contribution in [0.5, 0.6) is 11.5 Å². The molecule has 2 heterocycles. The van der Waals surface area contributed by atoms with Gasteiger partial charge in [0.25, 0.3) is 0 Å². The van der Waals surface area contributed by atoms with Gasteiger partial charge in [0.1, 0.15) is 17.4 Å². The number of methoxy groups -OCH3 is 1. The second-order valence-electron chi connectivity index (χ2n) is 9.83. The number of nitrogens with zero attached hydrogens (tertiary/aromatic N) is 1. The molecule has 2 aromatic rings. The quantitative estimate of drug-likeness (QED) is 0.651. The Morgan fingerprint density at radius 1 is 1.12 bits per heavy atom. The van der Waals surface area contributed by atoms with Crippen LogP contribution in [0.1, 0.15) is 55.4 Å². The molecule has 2 aromatic carbocycles. The molecule has 7 nitrogen and oxygen atoms in total. The molecule has 0 aromatic heterocycles. The van der Waals surface area contributed by atoms with E-state index in [2.05, 4.69) is 0 Å². The Hall–Kier alpha value is -3.29. The van der Waals surface area contributed by atoms with Gasteiger partial charge in [-0.05, 0) is 80.0 Å². The lowest BCUT2D eigenvalue weighted by Gasteiger charge is -2.36. The van der Waals surface area contributed by atoms with Gasteiger partial charge in [-0.15, -0.1) is 0 Å². The van der Waals surface area contributed by atoms with Crippen LogP contribution in [0, 0.1) is 5.82 Å². The summed E-state index contributed by atoms with van der Waals surface area (Å²) in [7, 11) is 1.30. The number of halogens is 1. The van der Waals surface area contributed by atoms with Crippen molar-refractivity contribution in [3.8, 4) is 11.5 Å². The van der Waals surface area contributed by atoms with Gasteiger partial charge in [-0.2, -0.15) is 0 Å². The Balaban J connectivity index is 1.65. The van der Waals surface area contributed by atoms with Crippen molar-refractivity contribution in [2.24, 2.45) is 0 Å². The summed E-state index contributed by atoms with van der Waals surface area (Å²) in [6.07, 6.45) is 1.04. The van der Waals surface area contributed by atoms with Crippen LogP contribution in [0.15, 0.2) is 30.3 Å². The van der Waals surface area contributed by atoms with Crippen molar-refractivity contribution in [2.45, 2.75) is 64.1 Å². The van der Waals surface area contributed by atoms with Crippen molar-refractivity contribution in [1.82, 2.24) is 4.90 Å². The van der Waals surface area contributed by atoms with Gasteiger partial charge < -0.3 is 19.3 Å². The summed E-state index contributed by atoms with van der Waals surface area (Å²) in [5.41, 5.74) is 2.88. The minimum absolute atomic E-state index is 0.0165. The first-order valence-electron chi connectivity index (χ1n) is 11.4. The number of hydrogen-bond donors (Lipinski definition) is 1. The fourth-order valence-corrected chi connectivity index (χ4v) is 4.56. The zero-order chi connectivity index (χ0) is 24.6. The van der Waals surface area contributed by atoms with Gasteiger partial charge in [-0.1, -0.05) is 12.1 Å². The Kier molecular flexibility index (Phi) is 6.43. The van der Waals surface area contributed by atoms with Crippen molar-refractivity contribution in [3.63, 3.8) is 0 Å². The molecule has 1 N–H and O–H groups in total. The Bertz CT molecular complexity index is 1110. The highest BCUT2D eigenvalue weighted by Crippen LogP contribution is 2.37. The molecule has 0 saturated carbocycles. The first-order valence-corrected chi connectivity index (χ1v) is 11.4. The number of benzene rings is 2. The molecule has 2 atom stereocenters. The summed E-state index contributed by atoms with van der Waals surface area (Å²) in [5, 5.41) is 9.53. The highest BCUT2D eigenvalue weighted by Gasteiger charge is 2.38. The number of phenols is 1. The third-order valence-corrected chi connectivity index (χ3v) is 6.25. The van der Waals surface area contributed by atoms with Crippen LogP contribution in [0.2, 0.25) is 0 Å². The van der Waals surface area contributed by atoms with E-state index in [0.717, 1.165) is 28.0 Å². The van der Waals surface area contributed by atoms with Crippen LogP contribution in [0.25, 0.3) is 0 Å². The van der Waals surface area contributed by atoms with Crippen LogP contribution in [0.4, 0.5) is 9.18 Å². The number of rotatable bonds is 2. The number of phenolic OH excluding ortho intramolecular Hbond substituents is 1. The summed E-state index contributed by atoms with van der Waals surface area (Å²) in [6.45, 7) is 6.00. The van der Waals surface area contributed by atoms with E-state index in [1.165, 1.54) is 24.1 Å². The first-order chi connectivity index (χ1) is 16.1. The molecule has 1 amide bonds. The van der Waals surface area contributed by atoms with Gasteiger partial charge in [0, 0.05) is 6.42 Å². The SMILES string of the molecule is COC(=O)[C@@H]1Cc2cc3c(cc2CN1C(=O)OC(C)(C)C)CC(c1ccc(O)c(F)c1)CCO3. The summed E-state index contributed by atoms with van der Waals surface area (Å²) < 4.78 is 30.5. The maximum absolute atomic E-state index is 14.0. The molecule has 2 aliphatic heterocycles. The van der Waals surface area contributed by atoms with Gasteiger partial charge in [0.05, 0.1) is 20.3 Å². The van der Waals surface area contributed by atoms with E-state index in [1.807, 2.05) is 12.1 Å². The van der Waals surface area contributed by atoms with Crippen molar-refractivity contribution in [1.29, 1.82) is 0 Å². The van der Waals surface area contributed by atoms with E-state index < -0.39 is 29.5 Å². The van der Waals surface area contributed by atoms with Gasteiger partial charge >= 0.3 is 12.1 Å². The lowest BCUT2D eigenvalue weighted by atomic mass is 9.86. The van der Waals surface area contributed by atoms with Crippen molar-refractivity contribution in [3.05, 3.63) is 58.4 Å². The first kappa shape index (κ1) is 23.9. The van der Waals surface area contributed by atoms with Crippen LogP contribution < -0.4 is 4.74 Å². The zero-order valence-electron chi connectivity index (χ0n) is 19.9. The third kappa shape index (κ3) is 4.95. The molecule has 0 aliphatic carbocycles. The predicted molar refractivity (Wildman–Crippen MR) is 122 cm³/mol. The van der Waals surface area contributed by atoms with Crippen molar-refractivity contribution < 1.29 is 33.3 Å². The summed E-state index contributed by atoms with van der Waals surface area (Å²) in [5.74, 6) is -0.764. The smallest absolute Gasteiger partial charge is 0.411 e. The summed E-state index contributed by atoms with van der Waals surface area (Å²) >= 11 is 0. The molecule has 0 bridgehead atoms.